The van der Waals surface area contributed by atoms with Crippen LogP contribution in [0.5, 0.6) is 0 Å². The molecule has 0 saturated carbocycles. The Balaban J connectivity index is 2.95. The quantitative estimate of drug-likeness (QED) is 0.580. The van der Waals surface area contributed by atoms with Crippen molar-refractivity contribution >= 4 is 16.0 Å². The maximum atomic E-state index is 11.2. The van der Waals surface area contributed by atoms with E-state index in [0.29, 0.717) is 5.56 Å². The molecule has 1 aromatic rings. The molecule has 1 rings (SSSR count). The number of nitriles is 1. The lowest BCUT2D eigenvalue weighted by Crippen LogP contribution is -2.20. The van der Waals surface area contributed by atoms with Gasteiger partial charge in [0.2, 0.25) is 10.0 Å². The van der Waals surface area contributed by atoms with Gasteiger partial charge in [-0.1, -0.05) is 12.1 Å². The van der Waals surface area contributed by atoms with Gasteiger partial charge in [0.15, 0.2) is 6.19 Å². The third-order valence-electron chi connectivity index (χ3n) is 1.73. The maximum absolute atomic E-state index is 11.2. The Kier molecular flexibility index (Phi) is 3.48. The number of carbonyl (C=O) groups is 1. The van der Waals surface area contributed by atoms with E-state index in [-0.39, 0.29) is 5.56 Å². The first-order valence-electron chi connectivity index (χ1n) is 4.15. The zero-order valence-electron chi connectivity index (χ0n) is 8.04. The Morgan fingerprint density at radius 1 is 1.50 bits per heavy atom. The molecule has 0 radical (unpaired) electrons. The summed E-state index contributed by atoms with van der Waals surface area (Å²) in [5.74, 6) is -1.56. The molecule has 0 atom stereocenters. The second-order valence-corrected chi connectivity index (χ2v) is 4.70. The number of rotatable bonds is 4. The molecular formula is C9H8N2O4S. The summed E-state index contributed by atoms with van der Waals surface area (Å²) in [7, 11) is -3.73. The molecule has 0 amide bonds. The van der Waals surface area contributed by atoms with Gasteiger partial charge in [-0.25, -0.2) is 17.9 Å². The zero-order chi connectivity index (χ0) is 12.2. The highest BCUT2D eigenvalue weighted by Crippen LogP contribution is 2.08. The van der Waals surface area contributed by atoms with Crippen molar-refractivity contribution in [2.45, 2.75) is 5.75 Å². The Hall–Kier alpha value is -2.07. The lowest BCUT2D eigenvalue weighted by molar-refractivity contribution is 0.0696. The molecule has 1 aromatic carbocycles. The van der Waals surface area contributed by atoms with Crippen molar-refractivity contribution in [3.05, 3.63) is 35.4 Å². The monoisotopic (exact) mass is 240 g/mol. The normalized spacial score (nSPS) is 10.4. The van der Waals surface area contributed by atoms with Crippen molar-refractivity contribution in [3.8, 4) is 6.19 Å². The zero-order valence-corrected chi connectivity index (χ0v) is 8.86. The Labute approximate surface area is 92.2 Å². The third kappa shape index (κ3) is 3.25. The van der Waals surface area contributed by atoms with Gasteiger partial charge < -0.3 is 5.11 Å². The van der Waals surface area contributed by atoms with Crippen LogP contribution in [0.1, 0.15) is 15.9 Å². The number of aromatic carboxylic acids is 1. The summed E-state index contributed by atoms with van der Waals surface area (Å²) < 4.78 is 24.0. The third-order valence-corrected chi connectivity index (χ3v) is 2.85. The summed E-state index contributed by atoms with van der Waals surface area (Å²) in [4.78, 5) is 10.6. The lowest BCUT2D eigenvalue weighted by Gasteiger charge is -2.02. The molecule has 2 N–H and O–H groups in total. The predicted octanol–water partition coefficient (Wildman–Crippen LogP) is 0.285. The minimum Gasteiger partial charge on any atom is -0.478 e. The Morgan fingerprint density at radius 2 is 2.19 bits per heavy atom. The molecule has 6 nitrogen and oxygen atoms in total. The number of benzene rings is 1. The molecule has 0 bridgehead atoms. The maximum Gasteiger partial charge on any atom is 0.335 e. The number of nitrogens with zero attached hydrogens (tertiary/aromatic N) is 1. The molecule has 84 valence electrons. The van der Waals surface area contributed by atoms with E-state index in [4.69, 9.17) is 10.4 Å². The molecule has 0 heterocycles. The number of hydrogen-bond acceptors (Lipinski definition) is 4. The first kappa shape index (κ1) is 12.0. The van der Waals surface area contributed by atoms with E-state index in [1.807, 2.05) is 0 Å². The van der Waals surface area contributed by atoms with E-state index >= 15 is 0 Å². The van der Waals surface area contributed by atoms with Gasteiger partial charge in [-0.05, 0) is 17.7 Å². The number of hydrogen-bond donors (Lipinski definition) is 2. The smallest absolute Gasteiger partial charge is 0.335 e. The minimum atomic E-state index is -3.73. The van der Waals surface area contributed by atoms with Gasteiger partial charge in [0.05, 0.1) is 11.3 Å². The molecular weight excluding hydrogens is 232 g/mol. The van der Waals surface area contributed by atoms with Crippen LogP contribution in [0.15, 0.2) is 24.3 Å². The molecule has 0 spiro atoms. The van der Waals surface area contributed by atoms with E-state index < -0.39 is 21.7 Å². The Bertz CT molecular complexity index is 545. The number of carboxylic acids is 1. The fraction of sp³-hybridized carbons (Fsp3) is 0.111. The van der Waals surface area contributed by atoms with Gasteiger partial charge in [0.25, 0.3) is 0 Å². The molecule has 0 fully saturated rings. The highest BCUT2D eigenvalue weighted by atomic mass is 32.2. The van der Waals surface area contributed by atoms with Crippen LogP contribution in [0, 0.1) is 11.5 Å². The number of nitrogens with one attached hydrogen (secondary N) is 1. The SMILES string of the molecule is N#CNS(=O)(=O)Cc1cccc(C(=O)O)c1. The topological polar surface area (TPSA) is 107 Å². The molecule has 16 heavy (non-hydrogen) atoms. The first-order chi connectivity index (χ1) is 7.44. The van der Waals surface area contributed by atoms with Crippen LogP contribution in [0.3, 0.4) is 0 Å². The van der Waals surface area contributed by atoms with Crippen molar-refractivity contribution in [2.24, 2.45) is 0 Å². The summed E-state index contributed by atoms with van der Waals surface area (Å²) in [6.45, 7) is 0. The first-order valence-corrected chi connectivity index (χ1v) is 5.80. The van der Waals surface area contributed by atoms with E-state index in [1.54, 1.807) is 4.72 Å². The van der Waals surface area contributed by atoms with Crippen LogP contribution in [0.4, 0.5) is 0 Å². The van der Waals surface area contributed by atoms with Gasteiger partial charge in [0.1, 0.15) is 0 Å². The van der Waals surface area contributed by atoms with Crippen LogP contribution in [-0.2, 0) is 15.8 Å². The minimum absolute atomic E-state index is 0.00431. The van der Waals surface area contributed by atoms with E-state index in [2.05, 4.69) is 0 Å². The van der Waals surface area contributed by atoms with Crippen molar-refractivity contribution in [1.29, 1.82) is 5.26 Å². The predicted molar refractivity (Wildman–Crippen MR) is 54.8 cm³/mol. The molecule has 0 aromatic heterocycles. The van der Waals surface area contributed by atoms with Crippen LogP contribution < -0.4 is 4.72 Å². The summed E-state index contributed by atoms with van der Waals surface area (Å²) in [5, 5.41) is 16.9. The standard InChI is InChI=1S/C9H8N2O4S/c10-6-11-16(14,15)5-7-2-1-3-8(4-7)9(12)13/h1-4,11H,5H2,(H,12,13). The van der Waals surface area contributed by atoms with Crippen molar-refractivity contribution in [1.82, 2.24) is 4.72 Å². The molecule has 0 saturated heterocycles. The van der Waals surface area contributed by atoms with Crippen molar-refractivity contribution in [3.63, 3.8) is 0 Å². The molecule has 0 aliphatic carbocycles. The van der Waals surface area contributed by atoms with E-state index in [1.165, 1.54) is 30.5 Å². The summed E-state index contributed by atoms with van der Waals surface area (Å²) >= 11 is 0. The van der Waals surface area contributed by atoms with Gasteiger partial charge in [-0.15, -0.1) is 0 Å². The summed E-state index contributed by atoms with van der Waals surface area (Å²) in [5.41, 5.74) is 0.312. The molecule has 0 unspecified atom stereocenters. The lowest BCUT2D eigenvalue weighted by atomic mass is 10.1. The second-order valence-electron chi connectivity index (χ2n) is 2.98. The molecule has 7 heteroatoms. The van der Waals surface area contributed by atoms with E-state index in [9.17, 15) is 13.2 Å². The van der Waals surface area contributed by atoms with Gasteiger partial charge >= 0.3 is 5.97 Å². The largest absolute Gasteiger partial charge is 0.478 e. The second kappa shape index (κ2) is 4.63. The molecule has 0 aliphatic heterocycles. The molecule has 0 aliphatic rings. The van der Waals surface area contributed by atoms with Crippen LogP contribution in [-0.4, -0.2) is 19.5 Å². The fourth-order valence-corrected chi connectivity index (χ4v) is 1.95. The van der Waals surface area contributed by atoms with Crippen LogP contribution in [0.25, 0.3) is 0 Å². The van der Waals surface area contributed by atoms with Crippen LogP contribution in [0.2, 0.25) is 0 Å². The average molecular weight is 240 g/mol. The fourth-order valence-electron chi connectivity index (χ4n) is 1.12. The average Bonchev–Trinajstić information content (AvgIpc) is 2.17. The van der Waals surface area contributed by atoms with Gasteiger partial charge in [0, 0.05) is 0 Å². The van der Waals surface area contributed by atoms with Gasteiger partial charge in [-0.3, -0.25) is 0 Å². The highest BCUT2D eigenvalue weighted by molar-refractivity contribution is 7.88. The Morgan fingerprint density at radius 3 is 2.75 bits per heavy atom. The number of sulfonamides is 1. The summed E-state index contributed by atoms with van der Waals surface area (Å²) in [6, 6.07) is 5.53. The van der Waals surface area contributed by atoms with Gasteiger partial charge in [-0.2, -0.15) is 5.26 Å². The number of carboxylic acid groups (broad SMARTS) is 1. The highest BCUT2D eigenvalue weighted by Gasteiger charge is 2.11. The van der Waals surface area contributed by atoms with Crippen LogP contribution >= 0.6 is 0 Å². The van der Waals surface area contributed by atoms with E-state index in [0.717, 1.165) is 0 Å². The summed E-state index contributed by atoms with van der Waals surface area (Å²) in [6.07, 6.45) is 1.31. The van der Waals surface area contributed by atoms with Crippen molar-refractivity contribution < 1.29 is 18.3 Å². The van der Waals surface area contributed by atoms with Crippen molar-refractivity contribution in [2.75, 3.05) is 0 Å².